The second-order valence-corrected chi connectivity index (χ2v) is 12.3. The third-order valence-electron chi connectivity index (χ3n) is 8.72. The summed E-state index contributed by atoms with van der Waals surface area (Å²) < 4.78 is 47.2. The molecule has 1 aromatic heterocycles. The van der Waals surface area contributed by atoms with Gasteiger partial charge in [-0.1, -0.05) is 30.3 Å². The Bertz CT molecular complexity index is 1500. The van der Waals surface area contributed by atoms with Crippen LogP contribution in [0.1, 0.15) is 67.1 Å². The fourth-order valence-electron chi connectivity index (χ4n) is 6.05. The number of anilines is 1. The maximum Gasteiger partial charge on any atom is 0.435 e. The Kier molecular flexibility index (Phi) is 9.86. The first-order valence-electron chi connectivity index (χ1n) is 15.6. The smallest absolute Gasteiger partial charge is 0.435 e. The first-order chi connectivity index (χ1) is 21.4. The van der Waals surface area contributed by atoms with E-state index in [9.17, 15) is 22.8 Å². The molecule has 1 fully saturated rings. The topological polar surface area (TPSA) is 70.9 Å². The largest absolute Gasteiger partial charge is 0.497 e. The molecule has 0 saturated heterocycles. The molecule has 1 aliphatic carbocycles. The lowest BCUT2D eigenvalue weighted by Gasteiger charge is -2.30. The monoisotopic (exact) mass is 625 g/mol. The van der Waals surface area contributed by atoms with Crippen molar-refractivity contribution in [3.8, 4) is 5.75 Å². The van der Waals surface area contributed by atoms with Crippen LogP contribution in [0, 0.1) is 6.92 Å². The van der Waals surface area contributed by atoms with Gasteiger partial charge in [-0.3, -0.25) is 19.2 Å². The summed E-state index contributed by atoms with van der Waals surface area (Å²) in [5.41, 5.74) is 2.89. The summed E-state index contributed by atoms with van der Waals surface area (Å²) in [7, 11) is 1.60. The number of aromatic nitrogens is 2. The molecule has 0 bridgehead atoms. The van der Waals surface area contributed by atoms with Crippen molar-refractivity contribution in [1.82, 2.24) is 19.6 Å². The third kappa shape index (κ3) is 7.87. The summed E-state index contributed by atoms with van der Waals surface area (Å²) in [6.07, 6.45) is -2.05. The van der Waals surface area contributed by atoms with Gasteiger partial charge in [0.1, 0.15) is 12.3 Å². The number of rotatable bonds is 7. The molecule has 1 saturated carbocycles. The van der Waals surface area contributed by atoms with Gasteiger partial charge in [-0.25, -0.2) is 0 Å². The quantitative estimate of drug-likeness (QED) is 0.331. The molecule has 1 aliphatic heterocycles. The van der Waals surface area contributed by atoms with Crippen molar-refractivity contribution in [2.45, 2.75) is 77.7 Å². The molecule has 45 heavy (non-hydrogen) atoms. The number of nitrogens with zero attached hydrogens (tertiary/aromatic N) is 5. The SMILES string of the molecule is COc1ccc(CC(=O)N2CCCN(C(C)C)CCN(C(=O)Cn3nc(C(F)(F)F)cc3C3CC3)Cc3cccc(C)c32)cc1. The van der Waals surface area contributed by atoms with Gasteiger partial charge < -0.3 is 14.5 Å². The Balaban J connectivity index is 1.46. The van der Waals surface area contributed by atoms with Crippen LogP contribution in [0.5, 0.6) is 5.75 Å². The first kappa shape index (κ1) is 32.5. The lowest BCUT2D eigenvalue weighted by molar-refractivity contribution is -0.142. The molecule has 2 aliphatic rings. The molecule has 3 aromatic rings. The van der Waals surface area contributed by atoms with Crippen molar-refractivity contribution in [1.29, 1.82) is 0 Å². The van der Waals surface area contributed by atoms with Crippen LogP contribution in [0.15, 0.2) is 48.5 Å². The van der Waals surface area contributed by atoms with Gasteiger partial charge in [0, 0.05) is 50.4 Å². The Labute approximate surface area is 262 Å². The van der Waals surface area contributed by atoms with Gasteiger partial charge in [0.15, 0.2) is 5.69 Å². The lowest BCUT2D eigenvalue weighted by Crippen LogP contribution is -2.42. The van der Waals surface area contributed by atoms with Gasteiger partial charge in [-0.2, -0.15) is 18.3 Å². The van der Waals surface area contributed by atoms with Crippen LogP contribution in [-0.4, -0.2) is 70.7 Å². The second-order valence-electron chi connectivity index (χ2n) is 12.3. The Morgan fingerprint density at radius 3 is 2.38 bits per heavy atom. The number of fused-ring (bicyclic) bond motifs is 1. The number of halogens is 3. The lowest BCUT2D eigenvalue weighted by atomic mass is 10.0. The van der Waals surface area contributed by atoms with E-state index in [1.54, 1.807) is 12.0 Å². The molecular weight excluding hydrogens is 583 g/mol. The third-order valence-corrected chi connectivity index (χ3v) is 8.72. The van der Waals surface area contributed by atoms with Crippen LogP contribution in [0.2, 0.25) is 0 Å². The number of alkyl halides is 3. The first-order valence-corrected chi connectivity index (χ1v) is 15.6. The highest BCUT2D eigenvalue weighted by Crippen LogP contribution is 2.42. The average molecular weight is 626 g/mol. The van der Waals surface area contributed by atoms with Crippen molar-refractivity contribution in [2.24, 2.45) is 0 Å². The summed E-state index contributed by atoms with van der Waals surface area (Å²) >= 11 is 0. The van der Waals surface area contributed by atoms with E-state index in [1.807, 2.05) is 54.3 Å². The summed E-state index contributed by atoms with van der Waals surface area (Å²) in [4.78, 5) is 33.7. The zero-order valence-electron chi connectivity index (χ0n) is 26.4. The summed E-state index contributed by atoms with van der Waals surface area (Å²) in [5, 5.41) is 3.83. The minimum atomic E-state index is -4.58. The normalized spacial score (nSPS) is 16.8. The van der Waals surface area contributed by atoms with Gasteiger partial charge in [-0.05, 0) is 74.9 Å². The van der Waals surface area contributed by atoms with E-state index in [0.717, 1.165) is 60.0 Å². The van der Waals surface area contributed by atoms with Crippen LogP contribution in [0.4, 0.5) is 18.9 Å². The van der Waals surface area contributed by atoms with E-state index < -0.39 is 11.9 Å². The molecule has 2 heterocycles. The Morgan fingerprint density at radius 1 is 1.00 bits per heavy atom. The fourth-order valence-corrected chi connectivity index (χ4v) is 6.05. The molecule has 0 unspecified atom stereocenters. The number of amides is 2. The standard InChI is InChI=1S/C34H42F3N5O3/c1-23(2)39-15-6-16-41(31(43)19-25-9-13-28(45-4)14-10-25)33-24(3)7-5-8-27(33)21-40(18-17-39)32(44)22-42-29(26-11-12-26)20-30(38-42)34(35,36)37/h5,7-10,13-14,20,23,26H,6,11-12,15-19,21-22H2,1-4H3. The van der Waals surface area contributed by atoms with E-state index in [-0.39, 0.29) is 43.3 Å². The predicted octanol–water partition coefficient (Wildman–Crippen LogP) is 5.81. The van der Waals surface area contributed by atoms with Crippen LogP contribution < -0.4 is 9.64 Å². The van der Waals surface area contributed by atoms with Crippen LogP contribution in [0.25, 0.3) is 0 Å². The van der Waals surface area contributed by atoms with Crippen molar-refractivity contribution in [3.05, 3.63) is 76.6 Å². The predicted molar refractivity (Wildman–Crippen MR) is 166 cm³/mol. The van der Waals surface area contributed by atoms with E-state index >= 15 is 0 Å². The van der Waals surface area contributed by atoms with Gasteiger partial charge in [0.25, 0.3) is 0 Å². The van der Waals surface area contributed by atoms with E-state index in [1.165, 1.54) is 4.68 Å². The number of carbonyl (C=O) groups excluding carboxylic acids is 2. The highest BCUT2D eigenvalue weighted by atomic mass is 19.4. The highest BCUT2D eigenvalue weighted by molar-refractivity contribution is 5.96. The zero-order chi connectivity index (χ0) is 32.3. The highest BCUT2D eigenvalue weighted by Gasteiger charge is 2.38. The van der Waals surface area contributed by atoms with E-state index in [2.05, 4.69) is 23.8 Å². The number of hydrogen-bond acceptors (Lipinski definition) is 5. The number of benzene rings is 2. The molecule has 0 spiro atoms. The number of methoxy groups -OCH3 is 1. The Morgan fingerprint density at radius 2 is 1.73 bits per heavy atom. The number of ether oxygens (including phenoxy) is 1. The van der Waals surface area contributed by atoms with Crippen LogP contribution in [0.3, 0.4) is 0 Å². The summed E-state index contributed by atoms with van der Waals surface area (Å²) in [5.74, 6) is 0.360. The van der Waals surface area contributed by atoms with E-state index in [0.29, 0.717) is 25.3 Å². The number of carbonyl (C=O) groups is 2. The Hall–Kier alpha value is -3.86. The molecule has 8 nitrogen and oxygen atoms in total. The summed E-state index contributed by atoms with van der Waals surface area (Å²) in [6.45, 7) is 8.36. The van der Waals surface area contributed by atoms with Crippen molar-refractivity contribution in [2.75, 3.05) is 38.2 Å². The van der Waals surface area contributed by atoms with Gasteiger partial charge in [0.2, 0.25) is 11.8 Å². The van der Waals surface area contributed by atoms with Crippen molar-refractivity contribution >= 4 is 17.5 Å². The second kappa shape index (κ2) is 13.6. The molecule has 242 valence electrons. The zero-order valence-corrected chi connectivity index (χ0v) is 26.4. The van der Waals surface area contributed by atoms with Gasteiger partial charge >= 0.3 is 6.18 Å². The molecular formula is C34H42F3N5O3. The van der Waals surface area contributed by atoms with Crippen molar-refractivity contribution < 1.29 is 27.5 Å². The van der Waals surface area contributed by atoms with Crippen LogP contribution in [-0.2, 0) is 35.3 Å². The average Bonchev–Trinajstić information content (AvgIpc) is 3.75. The fraction of sp³-hybridized carbons (Fsp3) is 0.500. The molecule has 5 rings (SSSR count). The van der Waals surface area contributed by atoms with E-state index in [4.69, 9.17) is 4.74 Å². The van der Waals surface area contributed by atoms with Gasteiger partial charge in [0.05, 0.1) is 19.2 Å². The van der Waals surface area contributed by atoms with Crippen LogP contribution >= 0.6 is 0 Å². The maximum absolute atomic E-state index is 13.9. The van der Waals surface area contributed by atoms with Crippen molar-refractivity contribution in [3.63, 3.8) is 0 Å². The molecule has 11 heteroatoms. The molecule has 2 amide bonds. The number of hydrogen-bond donors (Lipinski definition) is 0. The summed E-state index contributed by atoms with van der Waals surface area (Å²) in [6, 6.07) is 14.5. The number of para-hydroxylation sites is 1. The molecule has 0 atom stereocenters. The van der Waals surface area contributed by atoms with Gasteiger partial charge in [-0.15, -0.1) is 0 Å². The molecule has 2 aromatic carbocycles. The maximum atomic E-state index is 13.9. The minimum Gasteiger partial charge on any atom is -0.497 e. The molecule has 0 radical (unpaired) electrons. The number of aryl methyl sites for hydroxylation is 1. The minimum absolute atomic E-state index is 0.00552. The molecule has 0 N–H and O–H groups in total.